The summed E-state index contributed by atoms with van der Waals surface area (Å²) < 4.78 is 0. The number of nitrogens with zero attached hydrogens (tertiary/aromatic N) is 1. The molecule has 0 bridgehead atoms. The minimum atomic E-state index is 0.0156. The number of Topliss-reactive ketones (excluding diaryl/α,β-unsaturated/α-hetero) is 1. The van der Waals surface area contributed by atoms with Crippen LogP contribution in [-0.4, -0.2) is 17.3 Å². The first-order valence-electron chi connectivity index (χ1n) is 4.43. The molecule has 0 amide bonds. The summed E-state index contributed by atoms with van der Waals surface area (Å²) in [7, 11) is 0. The van der Waals surface area contributed by atoms with Crippen molar-refractivity contribution in [2.75, 3.05) is 6.54 Å². The zero-order chi connectivity index (χ0) is 9.42. The number of carbonyl (C=O) groups is 1. The second kappa shape index (κ2) is 3.20. The molecule has 1 fully saturated rings. The zero-order valence-corrected chi connectivity index (χ0v) is 8.36. The van der Waals surface area contributed by atoms with Crippen LogP contribution in [0.1, 0.15) is 39.1 Å². The molecule has 1 aromatic heterocycles. The molecular formula is C9H12N2OS. The van der Waals surface area contributed by atoms with E-state index in [2.05, 4.69) is 4.98 Å². The van der Waals surface area contributed by atoms with Gasteiger partial charge in [-0.2, -0.15) is 0 Å². The molecule has 1 aliphatic rings. The van der Waals surface area contributed by atoms with Gasteiger partial charge in [0.15, 0.2) is 5.78 Å². The van der Waals surface area contributed by atoms with Crippen molar-refractivity contribution in [3.63, 3.8) is 0 Å². The van der Waals surface area contributed by atoms with E-state index in [1.807, 2.05) is 6.92 Å². The Morgan fingerprint density at radius 3 is 2.92 bits per heavy atom. The maximum atomic E-state index is 11.3. The molecule has 3 nitrogen and oxygen atoms in total. The van der Waals surface area contributed by atoms with Gasteiger partial charge in [0.2, 0.25) is 0 Å². The van der Waals surface area contributed by atoms with Gasteiger partial charge in [0.25, 0.3) is 0 Å². The Kier molecular flexibility index (Phi) is 2.17. The Morgan fingerprint density at radius 1 is 1.69 bits per heavy atom. The van der Waals surface area contributed by atoms with Crippen LogP contribution in [0.15, 0.2) is 0 Å². The van der Waals surface area contributed by atoms with Crippen LogP contribution in [0.3, 0.4) is 0 Å². The van der Waals surface area contributed by atoms with Crippen LogP contribution in [0.25, 0.3) is 0 Å². The molecule has 70 valence electrons. The van der Waals surface area contributed by atoms with Crippen molar-refractivity contribution >= 4 is 17.1 Å². The minimum absolute atomic E-state index is 0.0156. The van der Waals surface area contributed by atoms with E-state index in [4.69, 9.17) is 5.73 Å². The van der Waals surface area contributed by atoms with Gasteiger partial charge in [-0.1, -0.05) is 0 Å². The first kappa shape index (κ1) is 8.84. The maximum absolute atomic E-state index is 11.3. The number of hydrogen-bond donors (Lipinski definition) is 1. The summed E-state index contributed by atoms with van der Waals surface area (Å²) in [6, 6.07) is 0. The molecule has 0 spiro atoms. The van der Waals surface area contributed by atoms with Crippen LogP contribution in [0, 0.1) is 6.92 Å². The monoisotopic (exact) mass is 196 g/mol. The highest BCUT2D eigenvalue weighted by molar-refractivity contribution is 7.14. The molecule has 0 radical (unpaired) electrons. The molecule has 1 aliphatic carbocycles. The maximum Gasteiger partial charge on any atom is 0.188 e. The molecular weight excluding hydrogens is 184 g/mol. The molecule has 13 heavy (non-hydrogen) atoms. The van der Waals surface area contributed by atoms with Crippen LogP contribution in [0.2, 0.25) is 0 Å². The first-order chi connectivity index (χ1) is 6.22. The predicted molar refractivity (Wildman–Crippen MR) is 52.2 cm³/mol. The molecule has 2 N–H and O–H groups in total. The third-order valence-electron chi connectivity index (χ3n) is 2.18. The third-order valence-corrected chi connectivity index (χ3v) is 3.54. The van der Waals surface area contributed by atoms with E-state index in [-0.39, 0.29) is 12.3 Å². The number of aryl methyl sites for hydroxylation is 1. The van der Waals surface area contributed by atoms with Crippen molar-refractivity contribution in [1.29, 1.82) is 0 Å². The molecule has 0 atom stereocenters. The number of carbonyl (C=O) groups excluding carboxylic acids is 1. The van der Waals surface area contributed by atoms with E-state index in [1.165, 1.54) is 24.2 Å². The largest absolute Gasteiger partial charge is 0.324 e. The highest BCUT2D eigenvalue weighted by Gasteiger charge is 2.28. The molecule has 0 unspecified atom stereocenters. The lowest BCUT2D eigenvalue weighted by atomic mass is 10.3. The van der Waals surface area contributed by atoms with E-state index in [1.54, 1.807) is 0 Å². The number of hydrogen-bond acceptors (Lipinski definition) is 4. The second-order valence-electron chi connectivity index (χ2n) is 3.37. The lowest BCUT2D eigenvalue weighted by molar-refractivity contribution is 0.100. The molecule has 1 heterocycles. The van der Waals surface area contributed by atoms with Crippen molar-refractivity contribution < 1.29 is 4.79 Å². The van der Waals surface area contributed by atoms with Crippen molar-refractivity contribution in [3.8, 4) is 0 Å². The minimum Gasteiger partial charge on any atom is -0.324 e. The van der Waals surface area contributed by atoms with Gasteiger partial charge in [0.05, 0.1) is 22.1 Å². The molecule has 0 aromatic carbocycles. The van der Waals surface area contributed by atoms with Crippen LogP contribution in [0.5, 0.6) is 0 Å². The highest BCUT2D eigenvalue weighted by Crippen LogP contribution is 2.42. The molecule has 1 aromatic rings. The lowest BCUT2D eigenvalue weighted by Crippen LogP contribution is -2.13. The Hall–Kier alpha value is -0.740. The normalized spacial score (nSPS) is 16.2. The van der Waals surface area contributed by atoms with Gasteiger partial charge in [-0.15, -0.1) is 11.3 Å². The zero-order valence-electron chi connectivity index (χ0n) is 7.54. The standard InChI is InChI=1S/C9H12N2OS/c1-5-8(7(12)4-10)13-9(11-5)6-2-3-6/h6H,2-4,10H2,1H3. The van der Waals surface area contributed by atoms with Crippen molar-refractivity contribution in [1.82, 2.24) is 4.98 Å². The fourth-order valence-corrected chi connectivity index (χ4v) is 2.46. The van der Waals surface area contributed by atoms with Gasteiger partial charge in [0.1, 0.15) is 0 Å². The van der Waals surface area contributed by atoms with Gasteiger partial charge < -0.3 is 5.73 Å². The summed E-state index contributed by atoms with van der Waals surface area (Å²) >= 11 is 1.52. The summed E-state index contributed by atoms with van der Waals surface area (Å²) in [5.41, 5.74) is 6.15. The summed E-state index contributed by atoms with van der Waals surface area (Å²) in [5.74, 6) is 0.643. The highest BCUT2D eigenvalue weighted by atomic mass is 32.1. The summed E-state index contributed by atoms with van der Waals surface area (Å²) in [5, 5.41) is 1.12. The van der Waals surface area contributed by atoms with E-state index >= 15 is 0 Å². The van der Waals surface area contributed by atoms with E-state index in [0.717, 1.165) is 15.6 Å². The summed E-state index contributed by atoms with van der Waals surface area (Å²) in [6.45, 7) is 1.97. The molecule has 0 saturated heterocycles. The smallest absolute Gasteiger partial charge is 0.188 e. The summed E-state index contributed by atoms with van der Waals surface area (Å²) in [4.78, 5) is 16.5. The Labute approximate surface area is 81.0 Å². The second-order valence-corrected chi connectivity index (χ2v) is 4.40. The predicted octanol–water partition coefficient (Wildman–Crippen LogP) is 1.47. The van der Waals surface area contributed by atoms with Crippen LogP contribution < -0.4 is 5.73 Å². The fourth-order valence-electron chi connectivity index (χ4n) is 1.27. The van der Waals surface area contributed by atoms with Gasteiger partial charge in [-0.05, 0) is 19.8 Å². The fraction of sp³-hybridized carbons (Fsp3) is 0.556. The average Bonchev–Trinajstić information content (AvgIpc) is 2.89. The van der Waals surface area contributed by atoms with Crippen LogP contribution in [0.4, 0.5) is 0 Å². The lowest BCUT2D eigenvalue weighted by Gasteiger charge is -1.90. The molecule has 2 rings (SSSR count). The number of nitrogens with two attached hydrogens (primary N) is 1. The van der Waals surface area contributed by atoms with Crippen molar-refractivity contribution in [2.45, 2.75) is 25.7 Å². The summed E-state index contributed by atoms with van der Waals surface area (Å²) in [6.07, 6.45) is 2.45. The molecule has 4 heteroatoms. The van der Waals surface area contributed by atoms with E-state index in [0.29, 0.717) is 5.92 Å². The quantitative estimate of drug-likeness (QED) is 0.745. The Balaban J connectivity index is 2.29. The number of thiazole rings is 1. The van der Waals surface area contributed by atoms with Gasteiger partial charge in [-0.3, -0.25) is 4.79 Å². The van der Waals surface area contributed by atoms with Gasteiger partial charge in [0, 0.05) is 5.92 Å². The van der Waals surface area contributed by atoms with E-state index in [9.17, 15) is 4.79 Å². The number of ketones is 1. The van der Waals surface area contributed by atoms with Crippen LogP contribution >= 0.6 is 11.3 Å². The Bertz CT molecular complexity index is 341. The van der Waals surface area contributed by atoms with Crippen molar-refractivity contribution in [3.05, 3.63) is 15.6 Å². The number of rotatable bonds is 3. The molecule has 0 aliphatic heterocycles. The SMILES string of the molecule is Cc1nc(C2CC2)sc1C(=O)CN. The number of aromatic nitrogens is 1. The third kappa shape index (κ3) is 1.64. The van der Waals surface area contributed by atoms with Gasteiger partial charge >= 0.3 is 0 Å². The Morgan fingerprint density at radius 2 is 2.38 bits per heavy atom. The van der Waals surface area contributed by atoms with Crippen molar-refractivity contribution in [2.24, 2.45) is 5.73 Å². The van der Waals surface area contributed by atoms with E-state index < -0.39 is 0 Å². The van der Waals surface area contributed by atoms with Gasteiger partial charge in [-0.25, -0.2) is 4.98 Å². The topological polar surface area (TPSA) is 56.0 Å². The molecule has 1 saturated carbocycles. The van der Waals surface area contributed by atoms with Crippen LogP contribution in [-0.2, 0) is 0 Å². The first-order valence-corrected chi connectivity index (χ1v) is 5.24. The average molecular weight is 196 g/mol.